The lowest BCUT2D eigenvalue weighted by Gasteiger charge is -2.30. The molecule has 1 atom stereocenters. The molecule has 29 heavy (non-hydrogen) atoms. The molecule has 148 valence electrons. The minimum Gasteiger partial charge on any atom is -0.463 e. The standard InChI is InChI=1S/C20H18FN5O2S/c1-20(6-8-29-19(22)26-20)13-9-12(4-5-14(13)21)25-18(27)16-11-23-15(10-24-16)17-3-2-7-28-17/h2-5,7,9-11H,6,8H2,1H3,(H2,22,26)(H,25,27)/t20-/m0/s1. The molecule has 0 unspecified atom stereocenters. The lowest BCUT2D eigenvalue weighted by Crippen LogP contribution is -2.29. The number of nitrogens with one attached hydrogen (secondary N) is 1. The highest BCUT2D eigenvalue weighted by Gasteiger charge is 2.32. The SMILES string of the molecule is C[C@@]1(c2cc(NC(=O)c3cnc(-c4ccco4)cn3)ccc2F)CCSC(N)=N1. The zero-order valence-electron chi connectivity index (χ0n) is 15.6. The molecule has 1 aliphatic rings. The average molecular weight is 411 g/mol. The second kappa shape index (κ2) is 7.67. The van der Waals surface area contributed by atoms with Crippen molar-refractivity contribution in [2.24, 2.45) is 10.7 Å². The van der Waals surface area contributed by atoms with E-state index in [4.69, 9.17) is 10.2 Å². The van der Waals surface area contributed by atoms with E-state index in [1.807, 2.05) is 6.92 Å². The summed E-state index contributed by atoms with van der Waals surface area (Å²) in [5.74, 6) is 0.468. The van der Waals surface area contributed by atoms with Crippen molar-refractivity contribution in [1.82, 2.24) is 9.97 Å². The van der Waals surface area contributed by atoms with Gasteiger partial charge >= 0.3 is 0 Å². The van der Waals surface area contributed by atoms with Crippen LogP contribution in [-0.2, 0) is 5.54 Å². The number of aromatic nitrogens is 2. The molecule has 1 amide bonds. The number of anilines is 1. The molecule has 2 aromatic heterocycles. The van der Waals surface area contributed by atoms with Gasteiger partial charge in [-0.3, -0.25) is 9.79 Å². The Hall–Kier alpha value is -3.20. The first kappa shape index (κ1) is 19.1. The fourth-order valence-corrected chi connectivity index (χ4v) is 4.06. The van der Waals surface area contributed by atoms with Gasteiger partial charge in [-0.2, -0.15) is 0 Å². The summed E-state index contributed by atoms with van der Waals surface area (Å²) in [6.07, 6.45) is 5.00. The van der Waals surface area contributed by atoms with Crippen LogP contribution in [-0.4, -0.2) is 26.8 Å². The van der Waals surface area contributed by atoms with Crippen LogP contribution in [0.25, 0.3) is 11.5 Å². The quantitative estimate of drug-likeness (QED) is 0.676. The third-order valence-corrected chi connectivity index (χ3v) is 5.45. The predicted molar refractivity (Wildman–Crippen MR) is 110 cm³/mol. The van der Waals surface area contributed by atoms with Gasteiger partial charge in [0.2, 0.25) is 0 Å². The van der Waals surface area contributed by atoms with Crippen molar-refractivity contribution in [2.45, 2.75) is 18.9 Å². The van der Waals surface area contributed by atoms with Crippen molar-refractivity contribution in [2.75, 3.05) is 11.1 Å². The van der Waals surface area contributed by atoms with Crippen molar-refractivity contribution in [3.8, 4) is 11.5 Å². The Balaban J connectivity index is 1.55. The largest absolute Gasteiger partial charge is 0.463 e. The third kappa shape index (κ3) is 4.00. The van der Waals surface area contributed by atoms with Crippen LogP contribution in [0.4, 0.5) is 10.1 Å². The van der Waals surface area contributed by atoms with Gasteiger partial charge in [-0.1, -0.05) is 11.8 Å². The van der Waals surface area contributed by atoms with E-state index in [0.29, 0.717) is 34.3 Å². The Bertz CT molecular complexity index is 1070. The highest BCUT2D eigenvalue weighted by atomic mass is 32.2. The van der Waals surface area contributed by atoms with Crippen LogP contribution in [0.2, 0.25) is 0 Å². The van der Waals surface area contributed by atoms with Gasteiger partial charge in [0.25, 0.3) is 5.91 Å². The maximum absolute atomic E-state index is 14.5. The molecular formula is C20H18FN5O2S. The first-order valence-electron chi connectivity index (χ1n) is 8.90. The van der Waals surface area contributed by atoms with Gasteiger partial charge in [-0.25, -0.2) is 14.4 Å². The molecule has 0 bridgehead atoms. The molecule has 0 saturated carbocycles. The van der Waals surface area contributed by atoms with Crippen molar-refractivity contribution in [3.05, 3.63) is 66.1 Å². The van der Waals surface area contributed by atoms with E-state index in [9.17, 15) is 9.18 Å². The summed E-state index contributed by atoms with van der Waals surface area (Å²) in [5, 5.41) is 3.16. The van der Waals surface area contributed by atoms with Crippen LogP contribution in [0, 0.1) is 5.82 Å². The van der Waals surface area contributed by atoms with Gasteiger partial charge in [-0.05, 0) is 43.7 Å². The molecule has 0 radical (unpaired) electrons. The van der Waals surface area contributed by atoms with Gasteiger partial charge in [0, 0.05) is 17.0 Å². The number of benzene rings is 1. The number of nitrogens with zero attached hydrogens (tertiary/aromatic N) is 3. The van der Waals surface area contributed by atoms with E-state index >= 15 is 0 Å². The average Bonchev–Trinajstić information content (AvgIpc) is 3.24. The maximum Gasteiger partial charge on any atom is 0.275 e. The highest BCUT2D eigenvalue weighted by molar-refractivity contribution is 8.13. The smallest absolute Gasteiger partial charge is 0.275 e. The minimum atomic E-state index is -0.773. The molecular weight excluding hydrogens is 393 g/mol. The van der Waals surface area contributed by atoms with E-state index in [1.54, 1.807) is 18.2 Å². The van der Waals surface area contributed by atoms with Crippen molar-refractivity contribution < 1.29 is 13.6 Å². The summed E-state index contributed by atoms with van der Waals surface area (Å²) in [6.45, 7) is 1.84. The summed E-state index contributed by atoms with van der Waals surface area (Å²) < 4.78 is 19.8. The van der Waals surface area contributed by atoms with Crippen LogP contribution < -0.4 is 11.1 Å². The Labute approximate surface area is 170 Å². The van der Waals surface area contributed by atoms with E-state index in [0.717, 1.165) is 5.75 Å². The summed E-state index contributed by atoms with van der Waals surface area (Å²) in [4.78, 5) is 25.3. The number of nitrogens with two attached hydrogens (primary N) is 1. The molecule has 0 spiro atoms. The molecule has 4 rings (SSSR count). The molecule has 1 aromatic carbocycles. The monoisotopic (exact) mass is 411 g/mol. The number of furan rings is 1. The van der Waals surface area contributed by atoms with E-state index in [2.05, 4.69) is 20.3 Å². The van der Waals surface area contributed by atoms with Crippen molar-refractivity contribution in [1.29, 1.82) is 0 Å². The zero-order valence-corrected chi connectivity index (χ0v) is 16.4. The van der Waals surface area contributed by atoms with E-state index in [-0.39, 0.29) is 5.69 Å². The minimum absolute atomic E-state index is 0.133. The van der Waals surface area contributed by atoms with Gasteiger partial charge in [0.1, 0.15) is 17.2 Å². The number of aliphatic imine (C=N–C) groups is 1. The summed E-state index contributed by atoms with van der Waals surface area (Å²) in [6, 6.07) is 7.89. The highest BCUT2D eigenvalue weighted by Crippen LogP contribution is 2.37. The summed E-state index contributed by atoms with van der Waals surface area (Å²) >= 11 is 1.45. The Morgan fingerprint density at radius 2 is 2.17 bits per heavy atom. The fraction of sp³-hybridized carbons (Fsp3) is 0.200. The number of carbonyl (C=O) groups is 1. The molecule has 0 fully saturated rings. The predicted octanol–water partition coefficient (Wildman–Crippen LogP) is 3.79. The molecule has 0 aliphatic carbocycles. The number of amidine groups is 1. The van der Waals surface area contributed by atoms with E-state index < -0.39 is 17.3 Å². The molecule has 7 nitrogen and oxygen atoms in total. The van der Waals surface area contributed by atoms with Crippen LogP contribution in [0.1, 0.15) is 29.4 Å². The lowest BCUT2D eigenvalue weighted by molar-refractivity contribution is 0.102. The Morgan fingerprint density at radius 3 is 2.86 bits per heavy atom. The zero-order chi connectivity index (χ0) is 20.4. The molecule has 0 saturated heterocycles. The number of carbonyl (C=O) groups excluding carboxylic acids is 1. The van der Waals surface area contributed by atoms with Gasteiger partial charge in [0.05, 0.1) is 24.2 Å². The van der Waals surface area contributed by atoms with Gasteiger partial charge in [-0.15, -0.1) is 0 Å². The van der Waals surface area contributed by atoms with Crippen molar-refractivity contribution >= 4 is 28.5 Å². The third-order valence-electron chi connectivity index (χ3n) is 4.66. The van der Waals surface area contributed by atoms with Crippen LogP contribution in [0.15, 0.2) is 58.4 Å². The second-order valence-electron chi connectivity index (χ2n) is 6.74. The number of amides is 1. The lowest BCUT2D eigenvalue weighted by atomic mass is 9.89. The molecule has 3 aromatic rings. The van der Waals surface area contributed by atoms with Crippen molar-refractivity contribution in [3.63, 3.8) is 0 Å². The maximum atomic E-state index is 14.5. The Kier molecular flexibility index (Phi) is 5.06. The number of halogens is 1. The molecule has 9 heteroatoms. The second-order valence-corrected chi connectivity index (χ2v) is 7.85. The fourth-order valence-electron chi connectivity index (χ4n) is 3.09. The first-order valence-corrected chi connectivity index (χ1v) is 9.89. The van der Waals surface area contributed by atoms with Gasteiger partial charge < -0.3 is 15.5 Å². The number of hydrogen-bond donors (Lipinski definition) is 2. The Morgan fingerprint density at radius 1 is 1.31 bits per heavy atom. The van der Waals surface area contributed by atoms with E-state index in [1.165, 1.54) is 42.6 Å². The summed E-state index contributed by atoms with van der Waals surface area (Å²) in [7, 11) is 0. The number of hydrogen-bond acceptors (Lipinski definition) is 7. The number of thioether (sulfide) groups is 1. The van der Waals surface area contributed by atoms with Gasteiger partial charge in [0.15, 0.2) is 10.9 Å². The van der Waals surface area contributed by atoms with Crippen LogP contribution in [0.5, 0.6) is 0 Å². The molecule has 3 N–H and O–H groups in total. The molecule has 3 heterocycles. The first-order chi connectivity index (χ1) is 13.9. The van der Waals surface area contributed by atoms with Crippen LogP contribution >= 0.6 is 11.8 Å². The van der Waals surface area contributed by atoms with Crippen LogP contribution in [0.3, 0.4) is 0 Å². The summed E-state index contributed by atoms with van der Waals surface area (Å²) in [5.41, 5.74) is 6.55. The number of rotatable bonds is 4. The normalized spacial score (nSPS) is 18.9. The molecule has 1 aliphatic heterocycles. The topological polar surface area (TPSA) is 106 Å².